The quantitative estimate of drug-likeness (QED) is 0.813. The summed E-state index contributed by atoms with van der Waals surface area (Å²) in [5.74, 6) is 0.833. The van der Waals surface area contributed by atoms with Gasteiger partial charge in [0.2, 0.25) is 5.56 Å². The van der Waals surface area contributed by atoms with Crippen LogP contribution in [0.15, 0.2) is 29.1 Å². The Labute approximate surface area is 87.7 Å². The van der Waals surface area contributed by atoms with Crippen molar-refractivity contribution in [3.05, 3.63) is 40.2 Å². The Bertz CT molecular complexity index is 543. The predicted octanol–water partition coefficient (Wildman–Crippen LogP) is 2.24. The van der Waals surface area contributed by atoms with Crippen LogP contribution in [-0.4, -0.2) is 11.6 Å². The molecule has 0 aliphatic heterocycles. The van der Waals surface area contributed by atoms with Gasteiger partial charge in [0.05, 0.1) is 6.61 Å². The first kappa shape index (κ1) is 9.77. The molecule has 0 saturated heterocycles. The number of pyridine rings is 1. The van der Waals surface area contributed by atoms with Crippen LogP contribution in [0, 0.1) is 6.92 Å². The number of rotatable bonds is 2. The number of aryl methyl sites for hydroxylation is 1. The number of nitrogens with one attached hydrogen (secondary N) is 1. The van der Waals surface area contributed by atoms with Crippen molar-refractivity contribution in [1.29, 1.82) is 0 Å². The van der Waals surface area contributed by atoms with Gasteiger partial charge in [0, 0.05) is 17.0 Å². The molecule has 0 fully saturated rings. The number of ether oxygens (including phenoxy) is 1. The van der Waals surface area contributed by atoms with Crippen molar-refractivity contribution in [3.63, 3.8) is 0 Å². The average molecular weight is 203 g/mol. The Morgan fingerprint density at radius 2 is 2.13 bits per heavy atom. The lowest BCUT2D eigenvalue weighted by Gasteiger charge is -2.06. The SMILES string of the molecule is CCOc1ccc2[nH]c(=O)cc(C)c2c1. The van der Waals surface area contributed by atoms with Gasteiger partial charge in [0.25, 0.3) is 0 Å². The first-order chi connectivity index (χ1) is 7.20. The summed E-state index contributed by atoms with van der Waals surface area (Å²) in [6.45, 7) is 4.52. The molecule has 15 heavy (non-hydrogen) atoms. The fraction of sp³-hybridized carbons (Fsp3) is 0.250. The Hall–Kier alpha value is -1.77. The molecular formula is C12H13NO2. The van der Waals surface area contributed by atoms with Gasteiger partial charge < -0.3 is 9.72 Å². The molecule has 0 atom stereocenters. The minimum atomic E-state index is -0.0656. The maximum atomic E-state index is 11.2. The van der Waals surface area contributed by atoms with Gasteiger partial charge in [-0.2, -0.15) is 0 Å². The van der Waals surface area contributed by atoms with Gasteiger partial charge >= 0.3 is 0 Å². The molecule has 0 unspecified atom stereocenters. The Balaban J connectivity index is 2.66. The van der Waals surface area contributed by atoms with Crippen molar-refractivity contribution in [2.75, 3.05) is 6.61 Å². The summed E-state index contributed by atoms with van der Waals surface area (Å²) in [7, 11) is 0. The highest BCUT2D eigenvalue weighted by Gasteiger charge is 2.01. The Morgan fingerprint density at radius 3 is 2.87 bits per heavy atom. The van der Waals surface area contributed by atoms with E-state index in [1.807, 2.05) is 32.0 Å². The number of hydrogen-bond acceptors (Lipinski definition) is 2. The van der Waals surface area contributed by atoms with Crippen LogP contribution in [0.1, 0.15) is 12.5 Å². The van der Waals surface area contributed by atoms with E-state index in [0.717, 1.165) is 22.2 Å². The van der Waals surface area contributed by atoms with Gasteiger partial charge in [-0.3, -0.25) is 4.79 Å². The zero-order valence-electron chi connectivity index (χ0n) is 8.83. The lowest BCUT2D eigenvalue weighted by Crippen LogP contribution is -2.04. The van der Waals surface area contributed by atoms with E-state index < -0.39 is 0 Å². The molecule has 2 rings (SSSR count). The van der Waals surface area contributed by atoms with Crippen molar-refractivity contribution < 1.29 is 4.74 Å². The second-order valence-corrected chi connectivity index (χ2v) is 3.46. The number of fused-ring (bicyclic) bond motifs is 1. The van der Waals surface area contributed by atoms with Crippen LogP contribution in [0.5, 0.6) is 5.75 Å². The minimum Gasteiger partial charge on any atom is -0.494 e. The lowest BCUT2D eigenvalue weighted by atomic mass is 10.1. The van der Waals surface area contributed by atoms with Crippen LogP contribution in [0.25, 0.3) is 10.9 Å². The van der Waals surface area contributed by atoms with Crippen LogP contribution >= 0.6 is 0 Å². The molecule has 0 spiro atoms. The highest BCUT2D eigenvalue weighted by atomic mass is 16.5. The van der Waals surface area contributed by atoms with Crippen LogP contribution in [0.2, 0.25) is 0 Å². The zero-order valence-corrected chi connectivity index (χ0v) is 8.83. The number of aromatic amines is 1. The normalized spacial score (nSPS) is 10.5. The molecule has 1 aromatic carbocycles. The molecule has 1 aromatic heterocycles. The van der Waals surface area contributed by atoms with Crippen molar-refractivity contribution in [2.45, 2.75) is 13.8 Å². The summed E-state index contributed by atoms with van der Waals surface area (Å²) in [5, 5.41) is 1.03. The van der Waals surface area contributed by atoms with E-state index in [1.54, 1.807) is 6.07 Å². The molecule has 0 aliphatic rings. The summed E-state index contributed by atoms with van der Waals surface area (Å²) in [5.41, 5.74) is 1.75. The Morgan fingerprint density at radius 1 is 1.33 bits per heavy atom. The molecular weight excluding hydrogens is 190 g/mol. The molecule has 0 amide bonds. The van der Waals surface area contributed by atoms with E-state index in [-0.39, 0.29) is 5.56 Å². The van der Waals surface area contributed by atoms with E-state index in [4.69, 9.17) is 4.74 Å². The smallest absolute Gasteiger partial charge is 0.248 e. The van der Waals surface area contributed by atoms with Crippen LogP contribution < -0.4 is 10.3 Å². The van der Waals surface area contributed by atoms with Gasteiger partial charge in [-0.25, -0.2) is 0 Å². The molecule has 3 nitrogen and oxygen atoms in total. The standard InChI is InChI=1S/C12H13NO2/c1-3-15-9-4-5-11-10(7-9)8(2)6-12(14)13-11/h4-7H,3H2,1-2H3,(H,13,14). The molecule has 3 heteroatoms. The highest BCUT2D eigenvalue weighted by Crippen LogP contribution is 2.20. The van der Waals surface area contributed by atoms with E-state index >= 15 is 0 Å². The number of H-pyrrole nitrogens is 1. The predicted molar refractivity (Wildman–Crippen MR) is 60.5 cm³/mol. The molecule has 1 heterocycles. The zero-order chi connectivity index (χ0) is 10.8. The molecule has 0 aliphatic carbocycles. The van der Waals surface area contributed by atoms with Crippen molar-refractivity contribution in [1.82, 2.24) is 4.98 Å². The van der Waals surface area contributed by atoms with Crippen LogP contribution in [0.4, 0.5) is 0 Å². The second-order valence-electron chi connectivity index (χ2n) is 3.46. The molecule has 0 saturated carbocycles. The summed E-state index contributed by atoms with van der Waals surface area (Å²) in [6, 6.07) is 7.28. The second kappa shape index (κ2) is 3.77. The van der Waals surface area contributed by atoms with E-state index in [2.05, 4.69) is 4.98 Å². The van der Waals surface area contributed by atoms with Gasteiger partial charge in [-0.05, 0) is 37.6 Å². The molecule has 2 aromatic rings. The third kappa shape index (κ3) is 1.86. The van der Waals surface area contributed by atoms with Gasteiger partial charge in [0.15, 0.2) is 0 Å². The van der Waals surface area contributed by atoms with Gasteiger partial charge in [-0.15, -0.1) is 0 Å². The fourth-order valence-corrected chi connectivity index (χ4v) is 1.66. The summed E-state index contributed by atoms with van der Waals surface area (Å²) in [4.78, 5) is 14.0. The molecule has 0 bridgehead atoms. The summed E-state index contributed by atoms with van der Waals surface area (Å²) < 4.78 is 5.41. The number of benzene rings is 1. The highest BCUT2D eigenvalue weighted by molar-refractivity contribution is 5.83. The number of hydrogen-bond donors (Lipinski definition) is 1. The maximum absolute atomic E-state index is 11.2. The fourth-order valence-electron chi connectivity index (χ4n) is 1.66. The third-order valence-corrected chi connectivity index (χ3v) is 2.33. The van der Waals surface area contributed by atoms with Gasteiger partial charge in [-0.1, -0.05) is 0 Å². The average Bonchev–Trinajstić information content (AvgIpc) is 2.19. The Kier molecular flexibility index (Phi) is 2.46. The van der Waals surface area contributed by atoms with E-state index in [0.29, 0.717) is 6.61 Å². The first-order valence-electron chi connectivity index (χ1n) is 4.97. The van der Waals surface area contributed by atoms with E-state index in [1.165, 1.54) is 0 Å². The molecule has 78 valence electrons. The number of aromatic nitrogens is 1. The van der Waals surface area contributed by atoms with Crippen LogP contribution in [-0.2, 0) is 0 Å². The third-order valence-electron chi connectivity index (χ3n) is 2.33. The molecule has 1 N–H and O–H groups in total. The minimum absolute atomic E-state index is 0.0656. The monoisotopic (exact) mass is 203 g/mol. The summed E-state index contributed by atoms with van der Waals surface area (Å²) in [6.07, 6.45) is 0. The summed E-state index contributed by atoms with van der Waals surface area (Å²) >= 11 is 0. The van der Waals surface area contributed by atoms with Crippen molar-refractivity contribution in [3.8, 4) is 5.75 Å². The molecule has 0 radical (unpaired) electrons. The topological polar surface area (TPSA) is 42.1 Å². The van der Waals surface area contributed by atoms with Crippen molar-refractivity contribution in [2.24, 2.45) is 0 Å². The lowest BCUT2D eigenvalue weighted by molar-refractivity contribution is 0.340. The van der Waals surface area contributed by atoms with Crippen LogP contribution in [0.3, 0.4) is 0 Å². The largest absolute Gasteiger partial charge is 0.494 e. The van der Waals surface area contributed by atoms with E-state index in [9.17, 15) is 4.79 Å². The van der Waals surface area contributed by atoms with Gasteiger partial charge in [0.1, 0.15) is 5.75 Å². The maximum Gasteiger partial charge on any atom is 0.248 e. The first-order valence-corrected chi connectivity index (χ1v) is 4.97. The van der Waals surface area contributed by atoms with Crippen molar-refractivity contribution >= 4 is 10.9 Å².